The summed E-state index contributed by atoms with van der Waals surface area (Å²) < 4.78 is 10.9. The molecule has 0 aromatic heterocycles. The van der Waals surface area contributed by atoms with Crippen LogP contribution in [0.3, 0.4) is 0 Å². The van der Waals surface area contributed by atoms with Gasteiger partial charge < -0.3 is 14.8 Å². The number of nitrogens with zero attached hydrogens (tertiary/aromatic N) is 1. The molecule has 1 fully saturated rings. The van der Waals surface area contributed by atoms with Crippen LogP contribution in [0.1, 0.15) is 24.0 Å². The molecule has 0 atom stereocenters. The Morgan fingerprint density at radius 1 is 1.11 bits per heavy atom. The number of rotatable bonds is 8. The van der Waals surface area contributed by atoms with Gasteiger partial charge >= 0.3 is 0 Å². The van der Waals surface area contributed by atoms with Crippen molar-refractivity contribution >= 4 is 5.91 Å². The van der Waals surface area contributed by atoms with Crippen molar-refractivity contribution in [1.82, 2.24) is 10.2 Å². The van der Waals surface area contributed by atoms with Crippen LogP contribution in [-0.4, -0.2) is 44.2 Å². The van der Waals surface area contributed by atoms with Gasteiger partial charge in [-0.1, -0.05) is 35.9 Å². The zero-order valence-electron chi connectivity index (χ0n) is 16.8. The van der Waals surface area contributed by atoms with Crippen LogP contribution < -0.4 is 14.8 Å². The number of benzene rings is 2. The summed E-state index contributed by atoms with van der Waals surface area (Å²) in [5.74, 6) is 1.76. The van der Waals surface area contributed by atoms with Crippen molar-refractivity contribution in [3.8, 4) is 11.5 Å². The lowest BCUT2D eigenvalue weighted by Gasteiger charge is -2.31. The quantitative estimate of drug-likeness (QED) is 0.711. The van der Waals surface area contributed by atoms with Gasteiger partial charge in [0.1, 0.15) is 18.1 Å². The van der Waals surface area contributed by atoms with Gasteiger partial charge in [0.25, 0.3) is 0 Å². The van der Waals surface area contributed by atoms with Gasteiger partial charge in [0.15, 0.2) is 0 Å². The Bertz CT molecular complexity index is 753. The molecule has 1 heterocycles. The van der Waals surface area contributed by atoms with Gasteiger partial charge in [0.05, 0.1) is 13.7 Å². The summed E-state index contributed by atoms with van der Waals surface area (Å²) in [6.07, 6.45) is 1.82. The maximum absolute atomic E-state index is 12.4. The molecule has 1 aliphatic rings. The standard InChI is InChI=1S/C23H30N2O3/c1-18-6-8-19(9-7-18)17-25-13-10-20(11-14-25)23(26)24-12-15-28-22-5-3-4-21(16-22)27-2/h3-9,16,20H,10-15,17H2,1-2H3,(H,24,26). The van der Waals surface area contributed by atoms with Gasteiger partial charge in [-0.15, -0.1) is 0 Å². The number of piperidine rings is 1. The zero-order chi connectivity index (χ0) is 19.8. The van der Waals surface area contributed by atoms with Crippen molar-refractivity contribution in [1.29, 1.82) is 0 Å². The van der Waals surface area contributed by atoms with E-state index >= 15 is 0 Å². The van der Waals surface area contributed by atoms with E-state index < -0.39 is 0 Å². The van der Waals surface area contributed by atoms with Crippen LogP contribution >= 0.6 is 0 Å². The number of methoxy groups -OCH3 is 1. The highest BCUT2D eigenvalue weighted by Crippen LogP contribution is 2.20. The van der Waals surface area contributed by atoms with E-state index in [1.165, 1.54) is 11.1 Å². The highest BCUT2D eigenvalue weighted by atomic mass is 16.5. The second kappa shape index (κ2) is 10.1. The molecule has 1 N–H and O–H groups in total. The predicted molar refractivity (Wildman–Crippen MR) is 111 cm³/mol. The fourth-order valence-electron chi connectivity index (χ4n) is 3.48. The van der Waals surface area contributed by atoms with E-state index in [9.17, 15) is 4.79 Å². The van der Waals surface area contributed by atoms with Crippen molar-refractivity contribution < 1.29 is 14.3 Å². The summed E-state index contributed by atoms with van der Waals surface area (Å²) >= 11 is 0. The average Bonchev–Trinajstić information content (AvgIpc) is 2.73. The van der Waals surface area contributed by atoms with Gasteiger partial charge in [-0.3, -0.25) is 9.69 Å². The molecule has 5 nitrogen and oxygen atoms in total. The Labute approximate surface area is 167 Å². The molecule has 2 aromatic carbocycles. The highest BCUT2D eigenvalue weighted by Gasteiger charge is 2.24. The van der Waals surface area contributed by atoms with E-state index in [2.05, 4.69) is 41.4 Å². The number of carbonyl (C=O) groups excluding carboxylic acids is 1. The number of hydrogen-bond acceptors (Lipinski definition) is 4. The number of ether oxygens (including phenoxy) is 2. The maximum Gasteiger partial charge on any atom is 0.223 e. The molecule has 0 bridgehead atoms. The first-order chi connectivity index (χ1) is 13.6. The Kier molecular flexibility index (Phi) is 7.31. The Hall–Kier alpha value is -2.53. The molecular weight excluding hydrogens is 352 g/mol. The Morgan fingerprint density at radius 2 is 1.82 bits per heavy atom. The molecule has 2 aromatic rings. The van der Waals surface area contributed by atoms with Crippen LogP contribution in [0.4, 0.5) is 0 Å². The number of nitrogens with one attached hydrogen (secondary N) is 1. The van der Waals surface area contributed by atoms with E-state index in [0.29, 0.717) is 13.2 Å². The van der Waals surface area contributed by atoms with Crippen molar-refractivity contribution in [3.63, 3.8) is 0 Å². The number of amides is 1. The van der Waals surface area contributed by atoms with Crippen molar-refractivity contribution in [2.75, 3.05) is 33.4 Å². The Morgan fingerprint density at radius 3 is 2.54 bits per heavy atom. The minimum Gasteiger partial charge on any atom is -0.497 e. The smallest absolute Gasteiger partial charge is 0.223 e. The first kappa shape index (κ1) is 20.2. The van der Waals surface area contributed by atoms with Crippen LogP contribution in [0.2, 0.25) is 0 Å². The predicted octanol–water partition coefficient (Wildman–Crippen LogP) is 3.41. The van der Waals surface area contributed by atoms with Crippen molar-refractivity contribution in [3.05, 3.63) is 59.7 Å². The minimum atomic E-state index is 0.103. The monoisotopic (exact) mass is 382 g/mol. The van der Waals surface area contributed by atoms with E-state index in [-0.39, 0.29) is 11.8 Å². The summed E-state index contributed by atoms with van der Waals surface area (Å²) in [5.41, 5.74) is 2.62. The normalized spacial score (nSPS) is 15.2. The molecule has 0 spiro atoms. The molecule has 1 amide bonds. The minimum absolute atomic E-state index is 0.103. The molecular formula is C23H30N2O3. The molecule has 0 unspecified atom stereocenters. The molecule has 0 aliphatic carbocycles. The molecule has 150 valence electrons. The van der Waals surface area contributed by atoms with Crippen LogP contribution in [0.15, 0.2) is 48.5 Å². The average molecular weight is 383 g/mol. The molecule has 0 saturated carbocycles. The third-order valence-corrected chi connectivity index (χ3v) is 5.20. The summed E-state index contributed by atoms with van der Waals surface area (Å²) in [4.78, 5) is 14.8. The lowest BCUT2D eigenvalue weighted by molar-refractivity contribution is -0.126. The second-order valence-electron chi connectivity index (χ2n) is 7.35. The lowest BCUT2D eigenvalue weighted by Crippen LogP contribution is -2.41. The van der Waals surface area contributed by atoms with Gasteiger partial charge in [-0.05, 0) is 50.6 Å². The van der Waals surface area contributed by atoms with Gasteiger partial charge in [-0.2, -0.15) is 0 Å². The van der Waals surface area contributed by atoms with Crippen LogP contribution in [0, 0.1) is 12.8 Å². The van der Waals surface area contributed by atoms with Crippen LogP contribution in [0.25, 0.3) is 0 Å². The zero-order valence-corrected chi connectivity index (χ0v) is 16.8. The van der Waals surface area contributed by atoms with Gasteiger partial charge in [0.2, 0.25) is 5.91 Å². The highest BCUT2D eigenvalue weighted by molar-refractivity contribution is 5.78. The summed E-state index contributed by atoms with van der Waals surface area (Å²) in [6.45, 7) is 5.96. The molecule has 3 rings (SSSR count). The SMILES string of the molecule is COc1cccc(OCCNC(=O)C2CCN(Cc3ccc(C)cc3)CC2)c1. The fourth-order valence-corrected chi connectivity index (χ4v) is 3.48. The summed E-state index contributed by atoms with van der Waals surface area (Å²) in [5, 5.41) is 3.01. The van der Waals surface area contributed by atoms with E-state index in [1.54, 1.807) is 7.11 Å². The first-order valence-corrected chi connectivity index (χ1v) is 9.96. The van der Waals surface area contributed by atoms with Crippen LogP contribution in [0.5, 0.6) is 11.5 Å². The third-order valence-electron chi connectivity index (χ3n) is 5.20. The molecule has 5 heteroatoms. The van der Waals surface area contributed by atoms with E-state index in [4.69, 9.17) is 9.47 Å². The maximum atomic E-state index is 12.4. The molecule has 28 heavy (non-hydrogen) atoms. The topological polar surface area (TPSA) is 50.8 Å². The second-order valence-corrected chi connectivity index (χ2v) is 7.35. The van der Waals surface area contributed by atoms with E-state index in [0.717, 1.165) is 44.0 Å². The number of carbonyl (C=O) groups is 1. The number of likely N-dealkylation sites (tertiary alicyclic amines) is 1. The van der Waals surface area contributed by atoms with Gasteiger partial charge in [-0.25, -0.2) is 0 Å². The lowest BCUT2D eigenvalue weighted by atomic mass is 9.95. The first-order valence-electron chi connectivity index (χ1n) is 9.96. The number of hydrogen-bond donors (Lipinski definition) is 1. The van der Waals surface area contributed by atoms with E-state index in [1.807, 2.05) is 24.3 Å². The largest absolute Gasteiger partial charge is 0.497 e. The molecule has 1 saturated heterocycles. The fraction of sp³-hybridized carbons (Fsp3) is 0.435. The Balaban J connectivity index is 1.34. The van der Waals surface area contributed by atoms with Gasteiger partial charge in [0, 0.05) is 18.5 Å². The van der Waals surface area contributed by atoms with Crippen molar-refractivity contribution in [2.45, 2.75) is 26.3 Å². The summed E-state index contributed by atoms with van der Waals surface area (Å²) in [7, 11) is 1.63. The third kappa shape index (κ3) is 5.99. The van der Waals surface area contributed by atoms with Crippen LogP contribution in [-0.2, 0) is 11.3 Å². The van der Waals surface area contributed by atoms with Crippen molar-refractivity contribution in [2.24, 2.45) is 5.92 Å². The molecule has 1 aliphatic heterocycles. The summed E-state index contributed by atoms with van der Waals surface area (Å²) in [6, 6.07) is 16.2. The molecule has 0 radical (unpaired) electrons. The number of aryl methyl sites for hydroxylation is 1.